The van der Waals surface area contributed by atoms with Crippen molar-refractivity contribution in [3.63, 3.8) is 0 Å². The largest absolute Gasteiger partial charge is 0.466 e. The highest BCUT2D eigenvalue weighted by Crippen LogP contribution is 2.39. The third-order valence-corrected chi connectivity index (χ3v) is 9.56. The van der Waals surface area contributed by atoms with E-state index in [1.807, 2.05) is 20.8 Å². The van der Waals surface area contributed by atoms with Crippen LogP contribution in [0.1, 0.15) is 54.9 Å². The minimum absolute atomic E-state index is 0.0143. The maximum absolute atomic E-state index is 12.5. The first-order valence-corrected chi connectivity index (χ1v) is 12.4. The summed E-state index contributed by atoms with van der Waals surface area (Å²) in [6, 6.07) is 0. The highest BCUT2D eigenvalue weighted by Gasteiger charge is 2.45. The van der Waals surface area contributed by atoms with Crippen molar-refractivity contribution in [3.05, 3.63) is 0 Å². The summed E-state index contributed by atoms with van der Waals surface area (Å²) in [4.78, 5) is 26.5. The molecule has 0 N–H and O–H groups in total. The number of hydrogen-bond acceptors (Lipinski definition) is 5. The third kappa shape index (κ3) is 6.27. The molecule has 1 amide bonds. The molecule has 0 bridgehead atoms. The number of ether oxygens (including phenoxy) is 2. The Kier molecular flexibility index (Phi) is 7.32. The van der Waals surface area contributed by atoms with Crippen LogP contribution in [0.3, 0.4) is 0 Å². The van der Waals surface area contributed by atoms with Crippen molar-refractivity contribution < 1.29 is 23.5 Å². The van der Waals surface area contributed by atoms with E-state index in [0.717, 1.165) is 0 Å². The van der Waals surface area contributed by atoms with Gasteiger partial charge in [0.1, 0.15) is 5.60 Å². The molecular formula is C19H37NO5Si. The van der Waals surface area contributed by atoms with Crippen molar-refractivity contribution in [3.8, 4) is 0 Å². The molecule has 2 unspecified atom stereocenters. The molecule has 0 aromatic carbocycles. The smallest absolute Gasteiger partial charge is 0.410 e. The quantitative estimate of drug-likeness (QED) is 0.534. The van der Waals surface area contributed by atoms with Gasteiger partial charge in [-0.2, -0.15) is 0 Å². The number of carbonyl (C=O) groups excluding carboxylic acids is 2. The number of hydrogen-bond donors (Lipinski definition) is 0. The number of amides is 1. The summed E-state index contributed by atoms with van der Waals surface area (Å²) >= 11 is 0. The summed E-state index contributed by atoms with van der Waals surface area (Å²) in [6.45, 7) is 19.3. The highest BCUT2D eigenvalue weighted by molar-refractivity contribution is 6.74. The molecule has 0 aliphatic carbocycles. The number of nitrogens with zero attached hydrogens (tertiary/aromatic N) is 1. The Morgan fingerprint density at radius 3 is 2.15 bits per heavy atom. The highest BCUT2D eigenvalue weighted by atomic mass is 28.4. The Balaban J connectivity index is 2.98. The van der Waals surface area contributed by atoms with Crippen LogP contribution in [-0.4, -0.2) is 56.7 Å². The monoisotopic (exact) mass is 387 g/mol. The van der Waals surface area contributed by atoms with Gasteiger partial charge in [-0.15, -0.1) is 0 Å². The summed E-state index contributed by atoms with van der Waals surface area (Å²) in [5.41, 5.74) is -0.551. The average Bonchev–Trinajstić information content (AvgIpc) is 2.43. The molecule has 0 aromatic rings. The number of rotatable bonds is 4. The van der Waals surface area contributed by atoms with Crippen LogP contribution in [0, 0.1) is 5.92 Å². The van der Waals surface area contributed by atoms with Gasteiger partial charge in [-0.25, -0.2) is 4.79 Å². The molecule has 1 aliphatic heterocycles. The van der Waals surface area contributed by atoms with Gasteiger partial charge in [0, 0.05) is 13.1 Å². The summed E-state index contributed by atoms with van der Waals surface area (Å²) in [5.74, 6) is -0.581. The van der Waals surface area contributed by atoms with Gasteiger partial charge < -0.3 is 18.8 Å². The Hall–Kier alpha value is -1.08. The zero-order valence-electron chi connectivity index (χ0n) is 18.0. The molecule has 26 heavy (non-hydrogen) atoms. The molecule has 0 saturated carbocycles. The minimum Gasteiger partial charge on any atom is -0.466 e. The number of piperidine rings is 1. The van der Waals surface area contributed by atoms with Gasteiger partial charge >= 0.3 is 12.1 Å². The summed E-state index contributed by atoms with van der Waals surface area (Å²) in [5, 5.41) is 0.0143. The van der Waals surface area contributed by atoms with Gasteiger partial charge in [-0.3, -0.25) is 4.79 Å². The molecule has 0 spiro atoms. The Labute approximate surface area is 159 Å². The zero-order valence-corrected chi connectivity index (χ0v) is 19.0. The van der Waals surface area contributed by atoms with Crippen LogP contribution in [-0.2, 0) is 18.7 Å². The van der Waals surface area contributed by atoms with E-state index in [2.05, 4.69) is 33.9 Å². The molecule has 1 aliphatic rings. The number of likely N-dealkylation sites (tertiary alicyclic amines) is 1. The second-order valence-corrected chi connectivity index (χ2v) is 14.2. The summed E-state index contributed by atoms with van der Waals surface area (Å²) in [7, 11) is -2.10. The second-order valence-electron chi connectivity index (χ2n) is 9.49. The number of esters is 1. The molecule has 7 heteroatoms. The van der Waals surface area contributed by atoms with E-state index in [9.17, 15) is 9.59 Å². The van der Waals surface area contributed by atoms with Gasteiger partial charge in [0.05, 0.1) is 18.6 Å². The molecule has 1 rings (SSSR count). The van der Waals surface area contributed by atoms with Crippen LogP contribution in [0.4, 0.5) is 4.79 Å². The predicted molar refractivity (Wildman–Crippen MR) is 105 cm³/mol. The molecular weight excluding hydrogens is 350 g/mol. The molecule has 1 fully saturated rings. The summed E-state index contributed by atoms with van der Waals surface area (Å²) < 4.78 is 17.3. The first kappa shape index (κ1) is 23.0. The maximum Gasteiger partial charge on any atom is 0.410 e. The van der Waals surface area contributed by atoms with Crippen LogP contribution in [0.25, 0.3) is 0 Å². The first-order chi connectivity index (χ1) is 11.7. The van der Waals surface area contributed by atoms with Crippen molar-refractivity contribution in [1.82, 2.24) is 4.90 Å². The maximum atomic E-state index is 12.5. The van der Waals surface area contributed by atoms with Crippen LogP contribution in [0.2, 0.25) is 18.1 Å². The molecule has 1 heterocycles. The Morgan fingerprint density at radius 2 is 1.69 bits per heavy atom. The van der Waals surface area contributed by atoms with Gasteiger partial charge in [-0.05, 0) is 52.2 Å². The molecule has 152 valence electrons. The average molecular weight is 388 g/mol. The van der Waals surface area contributed by atoms with Crippen LogP contribution >= 0.6 is 0 Å². The van der Waals surface area contributed by atoms with Gasteiger partial charge in [-0.1, -0.05) is 20.8 Å². The fourth-order valence-electron chi connectivity index (χ4n) is 2.60. The Morgan fingerprint density at radius 1 is 1.12 bits per heavy atom. The fourth-order valence-corrected chi connectivity index (χ4v) is 3.95. The van der Waals surface area contributed by atoms with Crippen LogP contribution < -0.4 is 0 Å². The van der Waals surface area contributed by atoms with Gasteiger partial charge in [0.15, 0.2) is 8.32 Å². The van der Waals surface area contributed by atoms with E-state index in [0.29, 0.717) is 26.1 Å². The third-order valence-electron chi connectivity index (χ3n) is 5.05. The molecule has 0 aromatic heterocycles. The molecule has 6 nitrogen and oxygen atoms in total. The van der Waals surface area contributed by atoms with Crippen molar-refractivity contribution in [2.75, 3.05) is 19.7 Å². The predicted octanol–water partition coefficient (Wildman–Crippen LogP) is 4.20. The van der Waals surface area contributed by atoms with Gasteiger partial charge in [0.2, 0.25) is 0 Å². The standard InChI is InChI=1S/C19H37NO5Si/c1-10-23-16(21)14-11-12-20(17(22)24-18(2,3)4)13-15(14)25-26(8,9)19(5,6)7/h14-15H,10-13H2,1-9H3. The first-order valence-electron chi connectivity index (χ1n) is 9.50. The number of carbonyl (C=O) groups is 2. The van der Waals surface area contributed by atoms with Gasteiger partial charge in [0.25, 0.3) is 0 Å². The van der Waals surface area contributed by atoms with E-state index in [-0.39, 0.29) is 29.1 Å². The molecule has 0 radical (unpaired) electrons. The fraction of sp³-hybridized carbons (Fsp3) is 0.895. The van der Waals surface area contributed by atoms with Crippen molar-refractivity contribution >= 4 is 20.4 Å². The topological polar surface area (TPSA) is 65.1 Å². The zero-order chi connectivity index (χ0) is 20.3. The van der Waals surface area contributed by atoms with E-state index >= 15 is 0 Å². The van der Waals surface area contributed by atoms with Crippen molar-refractivity contribution in [1.29, 1.82) is 0 Å². The van der Waals surface area contributed by atoms with Crippen molar-refractivity contribution in [2.24, 2.45) is 5.92 Å². The second kappa shape index (κ2) is 8.29. The lowest BCUT2D eigenvalue weighted by molar-refractivity contribution is -0.154. The normalized spacial score (nSPS) is 22.1. The molecule has 1 saturated heterocycles. The molecule has 2 atom stereocenters. The van der Waals surface area contributed by atoms with Crippen LogP contribution in [0.15, 0.2) is 0 Å². The Bertz CT molecular complexity index is 507. The SMILES string of the molecule is CCOC(=O)C1CCN(C(=O)OC(C)(C)C)CC1O[Si](C)(C)C(C)(C)C. The van der Waals surface area contributed by atoms with E-state index in [1.54, 1.807) is 11.8 Å². The van der Waals surface area contributed by atoms with E-state index in [4.69, 9.17) is 13.9 Å². The summed E-state index contributed by atoms with van der Waals surface area (Å²) in [6.07, 6.45) is -0.197. The van der Waals surface area contributed by atoms with Crippen molar-refractivity contribution in [2.45, 2.75) is 84.7 Å². The lowest BCUT2D eigenvalue weighted by Crippen LogP contribution is -2.55. The van der Waals surface area contributed by atoms with E-state index in [1.165, 1.54) is 0 Å². The van der Waals surface area contributed by atoms with Crippen LogP contribution in [0.5, 0.6) is 0 Å². The lowest BCUT2D eigenvalue weighted by atomic mass is 9.94. The lowest BCUT2D eigenvalue weighted by Gasteiger charge is -2.44. The van der Waals surface area contributed by atoms with E-state index < -0.39 is 13.9 Å². The minimum atomic E-state index is -2.10.